The van der Waals surface area contributed by atoms with E-state index in [4.69, 9.17) is 9.47 Å². The molecule has 3 N–H and O–H groups in total. The van der Waals surface area contributed by atoms with E-state index in [0.717, 1.165) is 0 Å². The summed E-state index contributed by atoms with van der Waals surface area (Å²) in [6.45, 7) is 5.12. The molecule has 0 saturated heterocycles. The van der Waals surface area contributed by atoms with E-state index < -0.39 is 17.5 Å². The Labute approximate surface area is 224 Å². The highest BCUT2D eigenvalue weighted by atomic mass is 16.5. The van der Waals surface area contributed by atoms with E-state index in [1.54, 1.807) is 24.3 Å². The fraction of sp³-hybridized carbons (Fsp3) is 0.138. The molecule has 10 nitrogen and oxygen atoms in total. The smallest absolute Gasteiger partial charge is 0.333 e. The first-order valence-corrected chi connectivity index (χ1v) is 11.2. The van der Waals surface area contributed by atoms with Crippen LogP contribution >= 0.6 is 0 Å². The highest BCUT2D eigenvalue weighted by Crippen LogP contribution is 2.37. The third kappa shape index (κ3) is 8.02. The van der Waals surface area contributed by atoms with E-state index in [9.17, 15) is 41.2 Å². The van der Waals surface area contributed by atoms with Crippen LogP contribution in [0.4, 0.5) is 0 Å². The number of benzene rings is 2. The molecule has 0 heterocycles. The molecular weight excluding hydrogens is 500 g/mol. The van der Waals surface area contributed by atoms with Crippen LogP contribution in [0, 0.1) is 45.3 Å². The molecule has 2 rings (SSSR count). The van der Waals surface area contributed by atoms with Crippen molar-refractivity contribution in [2.75, 3.05) is 13.2 Å². The molecule has 0 unspecified atom stereocenters. The number of nitriles is 4. The van der Waals surface area contributed by atoms with E-state index in [1.165, 1.54) is 55.5 Å². The molecule has 0 atom stereocenters. The first kappa shape index (κ1) is 29.3. The zero-order valence-electron chi connectivity index (χ0n) is 20.8. The van der Waals surface area contributed by atoms with Crippen LogP contribution in [-0.2, 0) is 9.53 Å². The van der Waals surface area contributed by atoms with Gasteiger partial charge in [-0.05, 0) is 65.6 Å². The average Bonchev–Trinajstić information content (AvgIpc) is 2.93. The monoisotopic (exact) mass is 522 g/mol. The van der Waals surface area contributed by atoms with Crippen molar-refractivity contribution in [1.82, 2.24) is 0 Å². The van der Waals surface area contributed by atoms with Crippen molar-refractivity contribution < 1.29 is 29.6 Å². The quantitative estimate of drug-likeness (QED) is 0.0758. The molecule has 0 spiro atoms. The van der Waals surface area contributed by atoms with Gasteiger partial charge in [0, 0.05) is 12.0 Å². The van der Waals surface area contributed by atoms with Crippen LogP contribution in [0.2, 0.25) is 0 Å². The molecule has 0 fully saturated rings. The minimum atomic E-state index is -0.540. The van der Waals surface area contributed by atoms with E-state index >= 15 is 0 Å². The Morgan fingerprint density at radius 3 is 1.82 bits per heavy atom. The molecule has 2 aromatic carbocycles. The van der Waals surface area contributed by atoms with Gasteiger partial charge in [0.2, 0.25) is 0 Å². The Kier molecular flexibility index (Phi) is 10.5. The number of carbonyl (C=O) groups is 1. The Bertz CT molecular complexity index is 1520. The van der Waals surface area contributed by atoms with Crippen LogP contribution in [0.15, 0.2) is 71.8 Å². The second kappa shape index (κ2) is 13.9. The van der Waals surface area contributed by atoms with Crippen molar-refractivity contribution in [3.63, 3.8) is 0 Å². The van der Waals surface area contributed by atoms with Crippen molar-refractivity contribution >= 4 is 17.1 Å². The van der Waals surface area contributed by atoms with Gasteiger partial charge in [0.25, 0.3) is 0 Å². The highest BCUT2D eigenvalue weighted by molar-refractivity contribution is 6.01. The van der Waals surface area contributed by atoms with Gasteiger partial charge in [-0.15, -0.1) is 0 Å². The van der Waals surface area contributed by atoms with Crippen molar-refractivity contribution in [1.29, 1.82) is 21.0 Å². The second-order valence-corrected chi connectivity index (χ2v) is 7.89. The topological polar surface area (TPSA) is 191 Å². The Morgan fingerprint density at radius 1 is 0.821 bits per heavy atom. The van der Waals surface area contributed by atoms with Crippen molar-refractivity contribution in [3.05, 3.63) is 83.0 Å². The molecule has 0 aliphatic heterocycles. The third-order valence-corrected chi connectivity index (χ3v) is 5.03. The van der Waals surface area contributed by atoms with Crippen LogP contribution in [-0.4, -0.2) is 34.5 Å². The number of phenols is 3. The molecule has 0 aliphatic rings. The lowest BCUT2D eigenvalue weighted by molar-refractivity contribution is -0.139. The first-order valence-electron chi connectivity index (χ1n) is 11.2. The first-order chi connectivity index (χ1) is 18.6. The molecule has 0 saturated carbocycles. The standard InChI is InChI=1S/C29H22N4O6/c1-18(2)29(37)39-9-3-8-38-28-13-22(5-7-26(28)35)24(11-20(16-32)17-33)23(10-19(14-30)15-31)21-4-6-25(34)27(36)12-21/h4-7,10-13,34-36H,1,3,8-9H2,2H3/b24-23+. The number of aromatic hydroxyl groups is 3. The van der Waals surface area contributed by atoms with Gasteiger partial charge < -0.3 is 24.8 Å². The minimum absolute atomic E-state index is 0.0257. The number of rotatable bonds is 10. The molecule has 39 heavy (non-hydrogen) atoms. The van der Waals surface area contributed by atoms with Gasteiger partial charge in [0.15, 0.2) is 23.0 Å². The fourth-order valence-electron chi connectivity index (χ4n) is 3.12. The largest absolute Gasteiger partial charge is 0.504 e. The molecule has 0 aliphatic carbocycles. The van der Waals surface area contributed by atoms with Gasteiger partial charge in [-0.2, -0.15) is 21.0 Å². The van der Waals surface area contributed by atoms with E-state index in [0.29, 0.717) is 12.0 Å². The number of carbonyl (C=O) groups excluding carboxylic acids is 1. The van der Waals surface area contributed by atoms with Gasteiger partial charge in [0.1, 0.15) is 35.4 Å². The molecule has 0 radical (unpaired) electrons. The maximum atomic E-state index is 11.5. The molecule has 10 heteroatoms. The predicted molar refractivity (Wildman–Crippen MR) is 139 cm³/mol. The number of hydrogen-bond acceptors (Lipinski definition) is 10. The van der Waals surface area contributed by atoms with Crippen LogP contribution in [0.5, 0.6) is 23.0 Å². The molecule has 2 aromatic rings. The summed E-state index contributed by atoms with van der Waals surface area (Å²) >= 11 is 0. The lowest BCUT2D eigenvalue weighted by Gasteiger charge is -2.14. The molecular formula is C29H22N4O6. The van der Waals surface area contributed by atoms with Gasteiger partial charge in [0.05, 0.1) is 13.2 Å². The Balaban J connectivity index is 2.68. The lowest BCUT2D eigenvalue weighted by Crippen LogP contribution is -2.09. The normalized spacial score (nSPS) is 10.3. The van der Waals surface area contributed by atoms with Crippen LogP contribution in [0.1, 0.15) is 24.5 Å². The second-order valence-electron chi connectivity index (χ2n) is 7.89. The third-order valence-electron chi connectivity index (χ3n) is 5.03. The van der Waals surface area contributed by atoms with E-state index in [-0.39, 0.29) is 58.1 Å². The summed E-state index contributed by atoms with van der Waals surface area (Å²) in [5.41, 5.74) is 0.489. The van der Waals surface area contributed by atoms with Gasteiger partial charge in [-0.3, -0.25) is 0 Å². The molecule has 0 aromatic heterocycles. The SMILES string of the molecule is C=C(C)C(=O)OCCCOc1cc(/C(C=C(C#N)C#N)=C(\C=C(C#N)C#N)c2ccc(O)c(O)c2)ccc1O. The lowest BCUT2D eigenvalue weighted by atomic mass is 9.91. The summed E-state index contributed by atoms with van der Waals surface area (Å²) in [6.07, 6.45) is 2.72. The Hall–Kier alpha value is -5.97. The van der Waals surface area contributed by atoms with Crippen molar-refractivity contribution in [3.8, 4) is 47.3 Å². The maximum Gasteiger partial charge on any atom is 0.333 e. The summed E-state index contributed by atoms with van der Waals surface area (Å²) < 4.78 is 10.6. The van der Waals surface area contributed by atoms with E-state index in [2.05, 4.69) is 6.58 Å². The summed E-state index contributed by atoms with van der Waals surface area (Å²) in [7, 11) is 0. The molecule has 194 valence electrons. The summed E-state index contributed by atoms with van der Waals surface area (Å²) in [5, 5.41) is 67.7. The summed E-state index contributed by atoms with van der Waals surface area (Å²) in [5.74, 6) is -1.64. The summed E-state index contributed by atoms with van der Waals surface area (Å²) in [4.78, 5) is 11.5. The predicted octanol–water partition coefficient (Wildman–Crippen LogP) is 4.55. The van der Waals surface area contributed by atoms with Gasteiger partial charge in [-0.25, -0.2) is 4.79 Å². The minimum Gasteiger partial charge on any atom is -0.504 e. The zero-order valence-corrected chi connectivity index (χ0v) is 20.8. The fourth-order valence-corrected chi connectivity index (χ4v) is 3.12. The van der Waals surface area contributed by atoms with Crippen molar-refractivity contribution in [2.24, 2.45) is 0 Å². The zero-order chi connectivity index (χ0) is 28.9. The van der Waals surface area contributed by atoms with Crippen LogP contribution in [0.25, 0.3) is 11.1 Å². The average molecular weight is 523 g/mol. The van der Waals surface area contributed by atoms with Crippen LogP contribution in [0.3, 0.4) is 0 Å². The van der Waals surface area contributed by atoms with Crippen LogP contribution < -0.4 is 4.74 Å². The number of esters is 1. The number of ether oxygens (including phenoxy) is 2. The number of hydrogen-bond donors (Lipinski definition) is 3. The molecule has 0 amide bonds. The Morgan fingerprint density at radius 2 is 1.33 bits per heavy atom. The highest BCUT2D eigenvalue weighted by Gasteiger charge is 2.16. The van der Waals surface area contributed by atoms with Crippen molar-refractivity contribution in [2.45, 2.75) is 13.3 Å². The van der Waals surface area contributed by atoms with Gasteiger partial charge >= 0.3 is 5.97 Å². The number of phenolic OH excluding ortho intramolecular Hbond substituents is 3. The number of allylic oxidation sites excluding steroid dienone is 6. The number of nitrogens with zero attached hydrogens (tertiary/aromatic N) is 4. The molecule has 0 bridgehead atoms. The maximum absolute atomic E-state index is 11.5. The summed E-state index contributed by atoms with van der Waals surface area (Å²) in [6, 6.07) is 14.9. The van der Waals surface area contributed by atoms with Gasteiger partial charge in [-0.1, -0.05) is 18.7 Å². The van der Waals surface area contributed by atoms with E-state index in [1.807, 2.05) is 0 Å².